The van der Waals surface area contributed by atoms with Crippen molar-refractivity contribution in [2.75, 3.05) is 0 Å². The number of ether oxygens (including phenoxy) is 1. The molecule has 0 fully saturated rings. The van der Waals surface area contributed by atoms with Gasteiger partial charge in [-0.15, -0.1) is 0 Å². The molecule has 100 valence electrons. The van der Waals surface area contributed by atoms with Crippen LogP contribution in [0.15, 0.2) is 47.2 Å². The first kappa shape index (κ1) is 12.9. The van der Waals surface area contributed by atoms with Crippen molar-refractivity contribution in [1.29, 1.82) is 0 Å². The zero-order valence-electron chi connectivity index (χ0n) is 9.98. The second-order valence-corrected chi connectivity index (χ2v) is 4.91. The van der Waals surface area contributed by atoms with Gasteiger partial charge in [-0.05, 0) is 30.3 Å². The van der Waals surface area contributed by atoms with Gasteiger partial charge in [-0.2, -0.15) is 0 Å². The summed E-state index contributed by atoms with van der Waals surface area (Å²) in [6.07, 6.45) is 1.18. The number of para-hydroxylation sites is 1. The van der Waals surface area contributed by atoms with Crippen LogP contribution in [0.5, 0.6) is 11.6 Å². The Morgan fingerprint density at radius 2 is 1.85 bits per heavy atom. The number of halogens is 3. The quantitative estimate of drug-likeness (QED) is 0.692. The predicted octanol–water partition coefficient (Wildman–Crippen LogP) is 4.46. The van der Waals surface area contributed by atoms with Gasteiger partial charge in [0.15, 0.2) is 11.6 Å². The largest absolute Gasteiger partial charge is 0.435 e. The molecule has 0 saturated carbocycles. The van der Waals surface area contributed by atoms with Crippen LogP contribution in [0.2, 0.25) is 0 Å². The first-order valence-electron chi connectivity index (χ1n) is 5.67. The first-order chi connectivity index (χ1) is 9.65. The molecule has 0 bridgehead atoms. The average molecular weight is 337 g/mol. The molecular formula is C14H7BrF2N2O. The molecule has 0 saturated heterocycles. The lowest BCUT2D eigenvalue weighted by atomic mass is 10.2. The Morgan fingerprint density at radius 1 is 1.00 bits per heavy atom. The molecule has 6 heteroatoms. The molecule has 0 unspecified atom stereocenters. The fourth-order valence-electron chi connectivity index (χ4n) is 1.77. The lowest BCUT2D eigenvalue weighted by Gasteiger charge is -2.08. The van der Waals surface area contributed by atoms with E-state index in [9.17, 15) is 8.78 Å². The monoisotopic (exact) mass is 336 g/mol. The van der Waals surface area contributed by atoms with Gasteiger partial charge >= 0.3 is 0 Å². The zero-order chi connectivity index (χ0) is 14.1. The van der Waals surface area contributed by atoms with Crippen molar-refractivity contribution in [2.24, 2.45) is 0 Å². The topological polar surface area (TPSA) is 35.0 Å². The Bertz CT molecular complexity index is 795. The maximum absolute atomic E-state index is 13.7. The molecule has 1 aromatic heterocycles. The third-order valence-corrected chi connectivity index (χ3v) is 3.17. The van der Waals surface area contributed by atoms with E-state index >= 15 is 0 Å². The van der Waals surface area contributed by atoms with Gasteiger partial charge in [0.2, 0.25) is 5.88 Å². The van der Waals surface area contributed by atoms with E-state index in [1.807, 2.05) is 0 Å². The normalized spacial score (nSPS) is 10.8. The number of rotatable bonds is 2. The Hall–Kier alpha value is -2.08. The summed E-state index contributed by atoms with van der Waals surface area (Å²) in [5, 5.41) is 0.384. The van der Waals surface area contributed by atoms with E-state index in [1.54, 1.807) is 12.1 Å². The van der Waals surface area contributed by atoms with Crippen LogP contribution >= 0.6 is 15.9 Å². The maximum Gasteiger partial charge on any atom is 0.230 e. The summed E-state index contributed by atoms with van der Waals surface area (Å²) in [6, 6.07) is 8.81. The number of aromatic nitrogens is 2. The number of nitrogens with zero attached hydrogens (tertiary/aromatic N) is 2. The minimum atomic E-state index is -0.539. The van der Waals surface area contributed by atoms with Gasteiger partial charge in [-0.3, -0.25) is 0 Å². The second kappa shape index (κ2) is 5.13. The third-order valence-electron chi connectivity index (χ3n) is 2.68. The summed E-state index contributed by atoms with van der Waals surface area (Å²) in [6.45, 7) is 0. The van der Waals surface area contributed by atoms with Crippen LogP contribution in [0.25, 0.3) is 10.9 Å². The van der Waals surface area contributed by atoms with Crippen molar-refractivity contribution >= 4 is 26.8 Å². The minimum absolute atomic E-state index is 0.0115. The highest BCUT2D eigenvalue weighted by molar-refractivity contribution is 9.10. The zero-order valence-corrected chi connectivity index (χ0v) is 11.6. The first-order valence-corrected chi connectivity index (χ1v) is 6.46. The van der Waals surface area contributed by atoms with Gasteiger partial charge in [0.1, 0.15) is 17.7 Å². The molecular weight excluding hydrogens is 330 g/mol. The Kier molecular flexibility index (Phi) is 3.31. The number of hydrogen-bond acceptors (Lipinski definition) is 3. The van der Waals surface area contributed by atoms with Crippen LogP contribution in [0, 0.1) is 11.6 Å². The molecule has 0 atom stereocenters. The summed E-state index contributed by atoms with van der Waals surface area (Å²) in [5.41, 5.74) is 0.134. The van der Waals surface area contributed by atoms with E-state index < -0.39 is 11.6 Å². The summed E-state index contributed by atoms with van der Waals surface area (Å²) in [5.74, 6) is -0.901. The lowest BCUT2D eigenvalue weighted by Crippen LogP contribution is -1.94. The fraction of sp³-hybridized carbons (Fsp3) is 0. The van der Waals surface area contributed by atoms with Gasteiger partial charge in [-0.1, -0.05) is 22.0 Å². The van der Waals surface area contributed by atoms with Gasteiger partial charge in [0.05, 0.1) is 5.39 Å². The van der Waals surface area contributed by atoms with E-state index in [0.29, 0.717) is 9.86 Å². The number of hydrogen-bond donors (Lipinski definition) is 0. The van der Waals surface area contributed by atoms with Gasteiger partial charge in [0.25, 0.3) is 0 Å². The van der Waals surface area contributed by atoms with Crippen molar-refractivity contribution in [2.45, 2.75) is 0 Å². The van der Waals surface area contributed by atoms with Gasteiger partial charge in [-0.25, -0.2) is 18.7 Å². The Balaban J connectivity index is 2.09. The third kappa shape index (κ3) is 2.34. The van der Waals surface area contributed by atoms with E-state index in [4.69, 9.17) is 4.74 Å². The smallest absolute Gasteiger partial charge is 0.230 e. The van der Waals surface area contributed by atoms with Crippen molar-refractivity contribution < 1.29 is 13.5 Å². The molecule has 0 aliphatic carbocycles. The molecule has 0 radical (unpaired) electrons. The van der Waals surface area contributed by atoms with Crippen molar-refractivity contribution in [1.82, 2.24) is 9.97 Å². The minimum Gasteiger partial charge on any atom is -0.435 e. The molecule has 1 heterocycles. The van der Waals surface area contributed by atoms with Crippen LogP contribution in [0.3, 0.4) is 0 Å². The van der Waals surface area contributed by atoms with E-state index in [-0.39, 0.29) is 17.1 Å². The second-order valence-electron chi connectivity index (χ2n) is 3.99. The Morgan fingerprint density at radius 3 is 2.65 bits per heavy atom. The molecule has 2 aromatic carbocycles. The molecule has 0 aliphatic rings. The summed E-state index contributed by atoms with van der Waals surface area (Å²) in [7, 11) is 0. The van der Waals surface area contributed by atoms with Gasteiger partial charge in [0, 0.05) is 4.47 Å². The van der Waals surface area contributed by atoms with Crippen LogP contribution in [0.4, 0.5) is 8.78 Å². The summed E-state index contributed by atoms with van der Waals surface area (Å²) < 4.78 is 33.4. The average Bonchev–Trinajstić information content (AvgIpc) is 2.43. The number of fused-ring (bicyclic) bond motifs is 1. The SMILES string of the molecule is Fc1cc(Br)ccc1Oc1ncnc2c(F)cccc12. The molecule has 3 aromatic rings. The molecule has 3 rings (SSSR count). The molecule has 20 heavy (non-hydrogen) atoms. The molecule has 0 amide bonds. The number of benzene rings is 2. The highest BCUT2D eigenvalue weighted by Gasteiger charge is 2.11. The highest BCUT2D eigenvalue weighted by Crippen LogP contribution is 2.30. The van der Waals surface area contributed by atoms with E-state index in [0.717, 1.165) is 0 Å². The van der Waals surface area contributed by atoms with Crippen LogP contribution in [-0.2, 0) is 0 Å². The van der Waals surface area contributed by atoms with Crippen molar-refractivity contribution in [3.8, 4) is 11.6 Å². The Labute approximate surface area is 121 Å². The summed E-state index contributed by atoms with van der Waals surface area (Å²) >= 11 is 3.16. The molecule has 0 N–H and O–H groups in total. The maximum atomic E-state index is 13.7. The molecule has 3 nitrogen and oxygen atoms in total. The lowest BCUT2D eigenvalue weighted by molar-refractivity contribution is 0.431. The summed E-state index contributed by atoms with van der Waals surface area (Å²) in [4.78, 5) is 7.78. The van der Waals surface area contributed by atoms with Crippen molar-refractivity contribution in [3.63, 3.8) is 0 Å². The fourth-order valence-corrected chi connectivity index (χ4v) is 2.10. The highest BCUT2D eigenvalue weighted by atomic mass is 79.9. The predicted molar refractivity (Wildman–Crippen MR) is 73.7 cm³/mol. The van der Waals surface area contributed by atoms with Crippen LogP contribution < -0.4 is 4.74 Å². The van der Waals surface area contributed by atoms with Crippen LogP contribution in [0.1, 0.15) is 0 Å². The van der Waals surface area contributed by atoms with Crippen molar-refractivity contribution in [3.05, 3.63) is 58.8 Å². The molecule has 0 spiro atoms. The van der Waals surface area contributed by atoms with Gasteiger partial charge < -0.3 is 4.74 Å². The standard InChI is InChI=1S/C14H7BrF2N2O/c15-8-4-5-12(11(17)6-8)20-14-9-2-1-3-10(16)13(9)18-7-19-14/h1-7H. The van der Waals surface area contributed by atoms with Crippen LogP contribution in [-0.4, -0.2) is 9.97 Å². The van der Waals surface area contributed by atoms with E-state index in [1.165, 1.54) is 30.6 Å². The molecule has 0 aliphatic heterocycles. The van der Waals surface area contributed by atoms with E-state index in [2.05, 4.69) is 25.9 Å².